The molecule has 0 saturated heterocycles. The first-order valence-electron chi connectivity index (χ1n) is 6.94. The second-order valence-electron chi connectivity index (χ2n) is 5.46. The van der Waals surface area contributed by atoms with Crippen LogP contribution in [-0.2, 0) is 16.0 Å². The van der Waals surface area contributed by atoms with E-state index in [-0.39, 0.29) is 23.9 Å². The number of nitrogens with zero attached hydrogens (tertiary/aromatic N) is 1. The summed E-state index contributed by atoms with van der Waals surface area (Å²) in [7, 11) is 0. The highest BCUT2D eigenvalue weighted by molar-refractivity contribution is 5.99. The van der Waals surface area contributed by atoms with E-state index in [1.807, 2.05) is 0 Å². The Bertz CT molecular complexity index is 643. The number of carbonyl (C=O) groups excluding carboxylic acids is 2. The molecule has 1 aliphatic rings. The van der Waals surface area contributed by atoms with E-state index in [0.717, 1.165) is 11.0 Å². The van der Waals surface area contributed by atoms with Crippen LogP contribution in [0.25, 0.3) is 0 Å². The minimum absolute atomic E-state index is 0.176. The van der Waals surface area contributed by atoms with Crippen molar-refractivity contribution in [3.8, 4) is 0 Å². The number of benzene rings is 1. The number of carbonyl (C=O) groups is 3. The van der Waals surface area contributed by atoms with E-state index in [1.54, 1.807) is 13.8 Å². The first-order valence-corrected chi connectivity index (χ1v) is 6.94. The fourth-order valence-corrected chi connectivity index (χ4v) is 2.36. The zero-order valence-electron chi connectivity index (χ0n) is 12.4. The van der Waals surface area contributed by atoms with Crippen LogP contribution < -0.4 is 5.32 Å². The fourth-order valence-electron chi connectivity index (χ4n) is 2.36. The van der Waals surface area contributed by atoms with Crippen LogP contribution in [0.15, 0.2) is 12.1 Å². The Balaban J connectivity index is 2.37. The molecule has 0 aliphatic carbocycles. The van der Waals surface area contributed by atoms with Gasteiger partial charge in [0.2, 0.25) is 5.91 Å². The molecule has 1 heterocycles. The summed E-state index contributed by atoms with van der Waals surface area (Å²) < 4.78 is 14.2. The summed E-state index contributed by atoms with van der Waals surface area (Å²) in [6.07, 6.45) is 0.692. The standard InChI is InChI=1S/C15H17FN2O4/c1-8(2)18(7-14(20)21)15(22)10-5-9-3-4-13(19)17-12(9)6-11(10)16/h5-6,8H,3-4,7H2,1-2H3,(H,17,19)(H,20,21). The minimum Gasteiger partial charge on any atom is -0.480 e. The van der Waals surface area contributed by atoms with Crippen molar-refractivity contribution < 1.29 is 23.9 Å². The minimum atomic E-state index is -1.16. The molecule has 2 rings (SSSR count). The molecule has 2 amide bonds. The lowest BCUT2D eigenvalue weighted by molar-refractivity contribution is -0.138. The molecule has 0 atom stereocenters. The van der Waals surface area contributed by atoms with Gasteiger partial charge in [0.05, 0.1) is 5.56 Å². The number of rotatable bonds is 4. The number of fused-ring (bicyclic) bond motifs is 1. The van der Waals surface area contributed by atoms with E-state index in [2.05, 4.69) is 5.32 Å². The summed E-state index contributed by atoms with van der Waals surface area (Å²) in [6, 6.07) is 2.13. The van der Waals surface area contributed by atoms with Gasteiger partial charge in [-0.2, -0.15) is 0 Å². The van der Waals surface area contributed by atoms with E-state index in [9.17, 15) is 18.8 Å². The molecule has 0 bridgehead atoms. The summed E-state index contributed by atoms with van der Waals surface area (Å²) >= 11 is 0. The second kappa shape index (κ2) is 6.13. The molecule has 6 nitrogen and oxygen atoms in total. The van der Waals surface area contributed by atoms with E-state index in [4.69, 9.17) is 5.11 Å². The number of hydrogen-bond acceptors (Lipinski definition) is 3. The maximum absolute atomic E-state index is 14.2. The lowest BCUT2D eigenvalue weighted by atomic mass is 9.99. The fraction of sp³-hybridized carbons (Fsp3) is 0.400. The highest BCUT2D eigenvalue weighted by Crippen LogP contribution is 2.26. The molecule has 0 aromatic heterocycles. The third-order valence-electron chi connectivity index (χ3n) is 3.51. The monoisotopic (exact) mass is 308 g/mol. The maximum Gasteiger partial charge on any atom is 0.323 e. The van der Waals surface area contributed by atoms with Gasteiger partial charge < -0.3 is 15.3 Å². The Morgan fingerprint density at radius 2 is 2.05 bits per heavy atom. The van der Waals surface area contributed by atoms with Gasteiger partial charge in [-0.15, -0.1) is 0 Å². The van der Waals surface area contributed by atoms with Crippen LogP contribution in [0.5, 0.6) is 0 Å². The van der Waals surface area contributed by atoms with Crippen molar-refractivity contribution in [1.29, 1.82) is 0 Å². The molecule has 7 heteroatoms. The summed E-state index contributed by atoms with van der Waals surface area (Å²) in [5, 5.41) is 11.4. The van der Waals surface area contributed by atoms with Crippen LogP contribution >= 0.6 is 0 Å². The lowest BCUT2D eigenvalue weighted by Crippen LogP contribution is -2.41. The van der Waals surface area contributed by atoms with Gasteiger partial charge in [-0.05, 0) is 38.0 Å². The molecular formula is C15H17FN2O4. The highest BCUT2D eigenvalue weighted by Gasteiger charge is 2.26. The molecule has 22 heavy (non-hydrogen) atoms. The molecule has 0 fully saturated rings. The van der Waals surface area contributed by atoms with Crippen LogP contribution in [-0.4, -0.2) is 40.4 Å². The Labute approximate surface area is 126 Å². The van der Waals surface area contributed by atoms with Crippen molar-refractivity contribution in [1.82, 2.24) is 4.90 Å². The Kier molecular flexibility index (Phi) is 4.44. The van der Waals surface area contributed by atoms with Crippen LogP contribution in [0.3, 0.4) is 0 Å². The molecule has 118 valence electrons. The summed E-state index contributed by atoms with van der Waals surface area (Å²) in [6.45, 7) is 2.83. The van der Waals surface area contributed by atoms with Crippen molar-refractivity contribution >= 4 is 23.5 Å². The molecule has 1 aliphatic heterocycles. The van der Waals surface area contributed by atoms with Crippen molar-refractivity contribution in [2.24, 2.45) is 0 Å². The maximum atomic E-state index is 14.2. The van der Waals surface area contributed by atoms with Crippen molar-refractivity contribution in [3.63, 3.8) is 0 Å². The highest BCUT2D eigenvalue weighted by atomic mass is 19.1. The van der Waals surface area contributed by atoms with E-state index >= 15 is 0 Å². The Morgan fingerprint density at radius 3 is 2.64 bits per heavy atom. The first-order chi connectivity index (χ1) is 10.3. The molecule has 0 saturated carbocycles. The average molecular weight is 308 g/mol. The topological polar surface area (TPSA) is 86.7 Å². The molecule has 2 N–H and O–H groups in total. The number of amides is 2. The van der Waals surface area contributed by atoms with Crippen LogP contribution in [0, 0.1) is 5.82 Å². The van der Waals surface area contributed by atoms with E-state index in [0.29, 0.717) is 17.7 Å². The number of carboxylic acids is 1. The molecular weight excluding hydrogens is 291 g/mol. The largest absolute Gasteiger partial charge is 0.480 e. The van der Waals surface area contributed by atoms with Crippen molar-refractivity contribution in [2.75, 3.05) is 11.9 Å². The van der Waals surface area contributed by atoms with Crippen molar-refractivity contribution in [3.05, 3.63) is 29.1 Å². The summed E-state index contributed by atoms with van der Waals surface area (Å²) in [5.74, 6) is -2.80. The number of carboxylic acid groups (broad SMARTS) is 1. The van der Waals surface area contributed by atoms with Gasteiger partial charge in [-0.1, -0.05) is 0 Å². The molecule has 0 radical (unpaired) electrons. The predicted molar refractivity (Wildman–Crippen MR) is 77.2 cm³/mol. The lowest BCUT2D eigenvalue weighted by Gasteiger charge is -2.26. The van der Waals surface area contributed by atoms with Gasteiger partial charge in [0.1, 0.15) is 12.4 Å². The SMILES string of the molecule is CC(C)N(CC(=O)O)C(=O)c1cc2c(cc1F)NC(=O)CC2. The van der Waals surface area contributed by atoms with E-state index < -0.39 is 24.2 Å². The number of aryl methyl sites for hydroxylation is 1. The van der Waals surface area contributed by atoms with Crippen LogP contribution in [0.4, 0.5) is 10.1 Å². The van der Waals surface area contributed by atoms with Gasteiger partial charge in [-0.3, -0.25) is 14.4 Å². The number of anilines is 1. The molecule has 1 aromatic carbocycles. The van der Waals surface area contributed by atoms with Gasteiger partial charge in [0.15, 0.2) is 0 Å². The Morgan fingerprint density at radius 1 is 1.36 bits per heavy atom. The number of halogens is 1. The molecule has 0 unspecified atom stereocenters. The van der Waals surface area contributed by atoms with Gasteiger partial charge in [0.25, 0.3) is 5.91 Å². The number of nitrogens with one attached hydrogen (secondary N) is 1. The zero-order chi connectivity index (χ0) is 16.4. The predicted octanol–water partition coefficient (Wildman–Crippen LogP) is 1.65. The van der Waals surface area contributed by atoms with Gasteiger partial charge in [-0.25, -0.2) is 4.39 Å². The third-order valence-corrected chi connectivity index (χ3v) is 3.51. The molecule has 1 aromatic rings. The van der Waals surface area contributed by atoms with Crippen LogP contribution in [0.1, 0.15) is 36.2 Å². The molecule has 0 spiro atoms. The van der Waals surface area contributed by atoms with Crippen LogP contribution in [0.2, 0.25) is 0 Å². The van der Waals surface area contributed by atoms with Gasteiger partial charge >= 0.3 is 5.97 Å². The zero-order valence-corrected chi connectivity index (χ0v) is 12.4. The van der Waals surface area contributed by atoms with E-state index in [1.165, 1.54) is 6.07 Å². The van der Waals surface area contributed by atoms with Gasteiger partial charge in [0, 0.05) is 18.2 Å². The summed E-state index contributed by atoms with van der Waals surface area (Å²) in [4.78, 5) is 35.7. The average Bonchev–Trinajstić information content (AvgIpc) is 2.42. The second-order valence-corrected chi connectivity index (χ2v) is 5.46. The van der Waals surface area contributed by atoms with Crippen molar-refractivity contribution in [2.45, 2.75) is 32.7 Å². The Hall–Kier alpha value is -2.44. The normalized spacial score (nSPS) is 13.5. The quantitative estimate of drug-likeness (QED) is 0.885. The smallest absolute Gasteiger partial charge is 0.323 e. The first kappa shape index (κ1) is 15.9. The number of aliphatic carboxylic acids is 1. The summed E-state index contributed by atoms with van der Waals surface area (Å²) in [5.41, 5.74) is 0.855. The number of hydrogen-bond donors (Lipinski definition) is 2. The third kappa shape index (κ3) is 3.24.